The van der Waals surface area contributed by atoms with Crippen LogP contribution in [0.1, 0.15) is 44.9 Å². The van der Waals surface area contributed by atoms with Crippen LogP contribution in [0.15, 0.2) is 41.2 Å². The van der Waals surface area contributed by atoms with Crippen LogP contribution in [0.25, 0.3) is 11.3 Å². The molecule has 3 rings (SSSR count). The molecule has 1 saturated heterocycles. The van der Waals surface area contributed by atoms with Gasteiger partial charge in [0.2, 0.25) is 0 Å². The highest BCUT2D eigenvalue weighted by Crippen LogP contribution is 2.25. The first-order valence-corrected chi connectivity index (χ1v) is 9.83. The van der Waals surface area contributed by atoms with E-state index < -0.39 is 0 Å². The Balaban J connectivity index is 1.46. The lowest BCUT2D eigenvalue weighted by Gasteiger charge is -2.26. The molecule has 5 heteroatoms. The number of para-hydroxylation sites is 1. The van der Waals surface area contributed by atoms with Gasteiger partial charge in [0.25, 0.3) is 5.56 Å². The van der Waals surface area contributed by atoms with Gasteiger partial charge in [-0.2, -0.15) is 5.10 Å². The van der Waals surface area contributed by atoms with Crippen LogP contribution in [-0.4, -0.2) is 39.4 Å². The van der Waals surface area contributed by atoms with E-state index in [0.717, 1.165) is 12.8 Å². The van der Waals surface area contributed by atoms with Crippen molar-refractivity contribution in [3.05, 3.63) is 46.8 Å². The lowest BCUT2D eigenvalue weighted by atomic mass is 10.1. The van der Waals surface area contributed by atoms with E-state index in [1.807, 2.05) is 12.1 Å². The van der Waals surface area contributed by atoms with Crippen LogP contribution in [-0.2, 0) is 6.54 Å². The van der Waals surface area contributed by atoms with Crippen molar-refractivity contribution < 1.29 is 5.11 Å². The quantitative estimate of drug-likeness (QED) is 0.734. The third-order valence-electron chi connectivity index (χ3n) is 5.09. The Hall–Kier alpha value is -2.14. The summed E-state index contributed by atoms with van der Waals surface area (Å²) in [6.45, 7) is 4.36. The van der Waals surface area contributed by atoms with Gasteiger partial charge >= 0.3 is 0 Å². The molecular weight excluding hydrogens is 326 g/mol. The molecule has 0 aliphatic carbocycles. The summed E-state index contributed by atoms with van der Waals surface area (Å²) >= 11 is 0. The zero-order valence-corrected chi connectivity index (χ0v) is 15.4. The van der Waals surface area contributed by atoms with Crippen LogP contribution >= 0.6 is 0 Å². The normalized spacial score (nSPS) is 15.2. The third kappa shape index (κ3) is 5.18. The maximum absolute atomic E-state index is 12.0. The van der Waals surface area contributed by atoms with Gasteiger partial charge in [0.05, 0.1) is 5.69 Å². The highest BCUT2D eigenvalue weighted by molar-refractivity contribution is 5.65. The predicted molar refractivity (Wildman–Crippen MR) is 104 cm³/mol. The Morgan fingerprint density at radius 2 is 1.62 bits per heavy atom. The van der Waals surface area contributed by atoms with Crippen LogP contribution in [0.4, 0.5) is 0 Å². The number of rotatable bonds is 8. The minimum atomic E-state index is -0.0857. The SMILES string of the molecule is O=c1ccc(-c2ccccc2O)nn1CCCCCCN1CCCCC1. The molecule has 0 atom stereocenters. The summed E-state index contributed by atoms with van der Waals surface area (Å²) in [5.74, 6) is 0.183. The number of likely N-dealkylation sites (tertiary alicyclic amines) is 1. The third-order valence-corrected chi connectivity index (χ3v) is 5.09. The number of unbranched alkanes of at least 4 members (excludes halogenated alkanes) is 3. The first-order chi connectivity index (χ1) is 12.7. The number of piperidine rings is 1. The van der Waals surface area contributed by atoms with E-state index in [1.165, 1.54) is 62.5 Å². The summed E-state index contributed by atoms with van der Waals surface area (Å²) in [6, 6.07) is 10.3. The number of nitrogens with zero attached hydrogens (tertiary/aromatic N) is 3. The molecule has 1 aliphatic heterocycles. The average Bonchev–Trinajstić information content (AvgIpc) is 2.67. The number of phenolic OH excluding ortho intramolecular Hbond substituents is 1. The van der Waals surface area contributed by atoms with Crippen LogP contribution in [0.2, 0.25) is 0 Å². The van der Waals surface area contributed by atoms with Crippen molar-refractivity contribution in [2.45, 2.75) is 51.5 Å². The molecule has 0 saturated carbocycles. The number of benzene rings is 1. The smallest absolute Gasteiger partial charge is 0.266 e. The second-order valence-electron chi connectivity index (χ2n) is 7.11. The zero-order valence-electron chi connectivity index (χ0n) is 15.4. The molecule has 2 heterocycles. The molecule has 2 aromatic rings. The van der Waals surface area contributed by atoms with Crippen LogP contribution in [0, 0.1) is 0 Å². The Bertz CT molecular complexity index is 751. The number of aromatic nitrogens is 2. The summed E-state index contributed by atoms with van der Waals surface area (Å²) in [5, 5.41) is 14.4. The molecule has 0 spiro atoms. The molecule has 1 aromatic carbocycles. The maximum Gasteiger partial charge on any atom is 0.266 e. The largest absolute Gasteiger partial charge is 0.507 e. The molecule has 26 heavy (non-hydrogen) atoms. The summed E-state index contributed by atoms with van der Waals surface area (Å²) < 4.78 is 1.52. The number of hydrogen-bond donors (Lipinski definition) is 1. The highest BCUT2D eigenvalue weighted by Gasteiger charge is 2.09. The molecular formula is C21H29N3O2. The van der Waals surface area contributed by atoms with Crippen LogP contribution in [0.5, 0.6) is 5.75 Å². The van der Waals surface area contributed by atoms with Gasteiger partial charge in [0, 0.05) is 18.2 Å². The lowest BCUT2D eigenvalue weighted by molar-refractivity contribution is 0.224. The molecule has 5 nitrogen and oxygen atoms in total. The zero-order chi connectivity index (χ0) is 18.2. The minimum absolute atomic E-state index is 0.0857. The van der Waals surface area contributed by atoms with Crippen LogP contribution < -0.4 is 5.56 Å². The second-order valence-corrected chi connectivity index (χ2v) is 7.11. The summed E-state index contributed by atoms with van der Waals surface area (Å²) in [4.78, 5) is 14.6. The molecule has 1 N–H and O–H groups in total. The number of phenols is 1. The Morgan fingerprint density at radius 1 is 0.885 bits per heavy atom. The fraction of sp³-hybridized carbons (Fsp3) is 0.524. The molecule has 1 aromatic heterocycles. The maximum atomic E-state index is 12.0. The van der Waals surface area contributed by atoms with Gasteiger partial charge in [-0.1, -0.05) is 31.4 Å². The van der Waals surface area contributed by atoms with Gasteiger partial charge in [0.1, 0.15) is 5.75 Å². The van der Waals surface area contributed by atoms with E-state index in [1.54, 1.807) is 18.2 Å². The Labute approximate surface area is 155 Å². The van der Waals surface area contributed by atoms with Crippen molar-refractivity contribution in [1.82, 2.24) is 14.7 Å². The topological polar surface area (TPSA) is 58.4 Å². The number of aromatic hydroxyl groups is 1. The fourth-order valence-electron chi connectivity index (χ4n) is 3.58. The standard InChI is InChI=1S/C21H29N3O2/c25-20-11-5-4-10-18(20)19-12-13-21(26)24(22-19)17-9-2-1-6-14-23-15-7-3-8-16-23/h4-5,10-13,25H,1-3,6-9,14-17H2. The summed E-state index contributed by atoms with van der Waals surface area (Å²) in [7, 11) is 0. The van der Waals surface area contributed by atoms with Crippen molar-refractivity contribution >= 4 is 0 Å². The molecule has 0 bridgehead atoms. The molecule has 1 fully saturated rings. The summed E-state index contributed by atoms with van der Waals surface area (Å²) in [6.07, 6.45) is 8.59. The van der Waals surface area contributed by atoms with Crippen molar-refractivity contribution in [3.8, 4) is 17.0 Å². The number of hydrogen-bond acceptors (Lipinski definition) is 4. The van der Waals surface area contributed by atoms with Crippen LogP contribution in [0.3, 0.4) is 0 Å². The summed E-state index contributed by atoms with van der Waals surface area (Å²) in [5.41, 5.74) is 1.20. The first kappa shape index (κ1) is 18.6. The Morgan fingerprint density at radius 3 is 2.38 bits per heavy atom. The van der Waals surface area contributed by atoms with Crippen molar-refractivity contribution in [1.29, 1.82) is 0 Å². The molecule has 0 radical (unpaired) electrons. The predicted octanol–water partition coefficient (Wildman–Crippen LogP) is 3.66. The second kappa shape index (κ2) is 9.53. The van der Waals surface area contributed by atoms with E-state index in [0.29, 0.717) is 17.8 Å². The molecule has 140 valence electrons. The molecule has 0 amide bonds. The minimum Gasteiger partial charge on any atom is -0.507 e. The fourth-order valence-corrected chi connectivity index (χ4v) is 3.58. The first-order valence-electron chi connectivity index (χ1n) is 9.83. The van der Waals surface area contributed by atoms with Gasteiger partial charge in [-0.15, -0.1) is 0 Å². The molecule has 1 aliphatic rings. The van der Waals surface area contributed by atoms with Crippen molar-refractivity contribution in [2.24, 2.45) is 0 Å². The van der Waals surface area contributed by atoms with E-state index in [-0.39, 0.29) is 11.3 Å². The van der Waals surface area contributed by atoms with E-state index in [4.69, 9.17) is 0 Å². The van der Waals surface area contributed by atoms with E-state index in [2.05, 4.69) is 10.00 Å². The lowest BCUT2D eigenvalue weighted by Crippen LogP contribution is -2.30. The van der Waals surface area contributed by atoms with Gasteiger partial charge in [-0.3, -0.25) is 4.79 Å². The average molecular weight is 355 g/mol. The molecule has 0 unspecified atom stereocenters. The van der Waals surface area contributed by atoms with Crippen molar-refractivity contribution in [2.75, 3.05) is 19.6 Å². The van der Waals surface area contributed by atoms with E-state index >= 15 is 0 Å². The highest BCUT2D eigenvalue weighted by atomic mass is 16.3. The van der Waals surface area contributed by atoms with Gasteiger partial charge in [-0.25, -0.2) is 4.68 Å². The van der Waals surface area contributed by atoms with Gasteiger partial charge < -0.3 is 10.0 Å². The monoisotopic (exact) mass is 355 g/mol. The number of aryl methyl sites for hydroxylation is 1. The van der Waals surface area contributed by atoms with Crippen molar-refractivity contribution in [3.63, 3.8) is 0 Å². The van der Waals surface area contributed by atoms with Gasteiger partial charge in [0.15, 0.2) is 0 Å². The van der Waals surface area contributed by atoms with Gasteiger partial charge in [-0.05, 0) is 63.5 Å². The van der Waals surface area contributed by atoms with E-state index in [9.17, 15) is 9.90 Å². The Kier molecular flexibility index (Phi) is 6.83.